The van der Waals surface area contributed by atoms with E-state index in [-0.39, 0.29) is 0 Å². The van der Waals surface area contributed by atoms with E-state index < -0.39 is 0 Å². The normalized spacial score (nSPS) is 40.3. The largest absolute Gasteiger partial charge is 0.396 e. The van der Waals surface area contributed by atoms with E-state index in [1.54, 1.807) is 0 Å². The molecule has 0 aromatic rings. The summed E-state index contributed by atoms with van der Waals surface area (Å²) in [6.45, 7) is 10.00. The highest BCUT2D eigenvalue weighted by atomic mass is 16.3. The lowest BCUT2D eigenvalue weighted by atomic mass is 9.56. The molecule has 15 heavy (non-hydrogen) atoms. The van der Waals surface area contributed by atoms with Crippen LogP contribution >= 0.6 is 0 Å². The lowest BCUT2D eigenvalue weighted by molar-refractivity contribution is -0.0447. The molecule has 86 valence electrons. The number of allylic oxidation sites excluding steroid dienone is 1. The Labute approximate surface area is 93.0 Å². The quantitative estimate of drug-likeness (QED) is 0.755. The van der Waals surface area contributed by atoms with E-state index in [9.17, 15) is 0 Å². The summed E-state index contributed by atoms with van der Waals surface area (Å²) in [6.07, 6.45) is 5.08. The molecular formula is C13H23NO. The summed E-state index contributed by atoms with van der Waals surface area (Å²) in [6, 6.07) is 0.635. The van der Waals surface area contributed by atoms with Crippen LogP contribution in [0.25, 0.3) is 0 Å². The van der Waals surface area contributed by atoms with Gasteiger partial charge in [-0.1, -0.05) is 6.58 Å². The number of aliphatic hydroxyl groups is 1. The molecule has 1 atom stereocenters. The first kappa shape index (κ1) is 11.0. The summed E-state index contributed by atoms with van der Waals surface area (Å²) in [5, 5.41) is 9.08. The summed E-state index contributed by atoms with van der Waals surface area (Å²) in [5.41, 5.74) is 1.77. The van der Waals surface area contributed by atoms with Crippen LogP contribution in [0.2, 0.25) is 0 Å². The lowest BCUT2D eigenvalue weighted by Gasteiger charge is -2.54. The van der Waals surface area contributed by atoms with Gasteiger partial charge in [0.25, 0.3) is 0 Å². The first-order valence-electron chi connectivity index (χ1n) is 6.09. The minimum atomic E-state index is 0.389. The molecular weight excluding hydrogens is 186 g/mol. The van der Waals surface area contributed by atoms with Crippen molar-refractivity contribution in [1.29, 1.82) is 0 Å². The molecule has 2 aliphatic rings. The molecule has 1 N–H and O–H groups in total. The Morgan fingerprint density at radius 2 is 2.13 bits per heavy atom. The van der Waals surface area contributed by atoms with Crippen molar-refractivity contribution in [2.45, 2.75) is 45.6 Å². The maximum Gasteiger partial charge on any atom is 0.0459 e. The van der Waals surface area contributed by atoms with Crippen LogP contribution in [0.3, 0.4) is 0 Å². The molecule has 2 heteroatoms. The van der Waals surface area contributed by atoms with Gasteiger partial charge < -0.3 is 10.0 Å². The smallest absolute Gasteiger partial charge is 0.0459 e. The fourth-order valence-corrected chi connectivity index (χ4v) is 3.65. The first-order chi connectivity index (χ1) is 7.06. The van der Waals surface area contributed by atoms with E-state index in [4.69, 9.17) is 5.11 Å². The Hall–Kier alpha value is -0.500. The zero-order valence-electron chi connectivity index (χ0n) is 10.00. The molecule has 0 aromatic heterocycles. The van der Waals surface area contributed by atoms with Crippen molar-refractivity contribution in [2.75, 3.05) is 13.2 Å². The monoisotopic (exact) mass is 209 g/mol. The molecule has 2 nitrogen and oxygen atoms in total. The average Bonchev–Trinajstić information content (AvgIpc) is 2.12. The van der Waals surface area contributed by atoms with Gasteiger partial charge in [-0.25, -0.2) is 0 Å². The topological polar surface area (TPSA) is 23.5 Å². The van der Waals surface area contributed by atoms with Crippen LogP contribution in [0.5, 0.6) is 0 Å². The number of aliphatic hydroxyl groups excluding tert-OH is 1. The molecule has 1 aliphatic carbocycles. The van der Waals surface area contributed by atoms with Crippen molar-refractivity contribution in [3.8, 4) is 0 Å². The second kappa shape index (κ2) is 3.82. The maximum atomic E-state index is 9.08. The number of piperidine rings is 1. The molecule has 1 unspecified atom stereocenters. The molecule has 0 radical (unpaired) electrons. The van der Waals surface area contributed by atoms with Gasteiger partial charge in [0.15, 0.2) is 0 Å². The summed E-state index contributed by atoms with van der Waals surface area (Å²) in [4.78, 5) is 2.43. The molecule has 0 amide bonds. The predicted octanol–water partition coefficient (Wildman–Crippen LogP) is 2.39. The third kappa shape index (κ3) is 1.92. The van der Waals surface area contributed by atoms with Gasteiger partial charge in [-0.15, -0.1) is 0 Å². The van der Waals surface area contributed by atoms with Gasteiger partial charge in [-0.05, 0) is 50.9 Å². The Balaban J connectivity index is 1.92. The van der Waals surface area contributed by atoms with E-state index in [0.717, 1.165) is 6.54 Å². The molecule has 1 spiro atoms. The lowest BCUT2D eigenvalue weighted by Crippen LogP contribution is -2.50. The number of rotatable bonds is 2. The van der Waals surface area contributed by atoms with Crippen molar-refractivity contribution in [3.05, 3.63) is 12.3 Å². The fourth-order valence-electron chi connectivity index (χ4n) is 3.65. The van der Waals surface area contributed by atoms with Crippen LogP contribution < -0.4 is 0 Å². The molecule has 0 bridgehead atoms. The van der Waals surface area contributed by atoms with E-state index in [1.165, 1.54) is 31.4 Å². The maximum absolute atomic E-state index is 9.08. The second-order valence-electron chi connectivity index (χ2n) is 5.69. The molecule has 0 aromatic carbocycles. The van der Waals surface area contributed by atoms with Crippen LogP contribution in [0.1, 0.15) is 39.5 Å². The van der Waals surface area contributed by atoms with Gasteiger partial charge in [-0.2, -0.15) is 0 Å². The third-order valence-corrected chi connectivity index (χ3v) is 4.34. The summed E-state index contributed by atoms with van der Waals surface area (Å²) >= 11 is 0. The van der Waals surface area contributed by atoms with E-state index in [2.05, 4.69) is 25.3 Å². The van der Waals surface area contributed by atoms with Gasteiger partial charge >= 0.3 is 0 Å². The number of hydrogen-bond acceptors (Lipinski definition) is 2. The highest BCUT2D eigenvalue weighted by molar-refractivity contribution is 5.03. The van der Waals surface area contributed by atoms with Gasteiger partial charge in [0.05, 0.1) is 0 Å². The number of nitrogens with zero attached hydrogens (tertiary/aromatic N) is 1. The summed E-state index contributed by atoms with van der Waals surface area (Å²) in [5.74, 6) is 0.591. The van der Waals surface area contributed by atoms with Gasteiger partial charge in [0.2, 0.25) is 0 Å². The molecule has 1 heterocycles. The molecule has 1 aliphatic heterocycles. The molecule has 1 saturated carbocycles. The second-order valence-corrected chi connectivity index (χ2v) is 5.69. The Kier molecular flexibility index (Phi) is 2.80. The first-order valence-corrected chi connectivity index (χ1v) is 6.09. The molecule has 1 saturated heterocycles. The third-order valence-electron chi connectivity index (χ3n) is 4.34. The standard InChI is InChI=1S/C13H23NO/c1-10(2)14-5-4-13(6-11(14)3)7-12(8-13)9-15/h11-12,15H,1,4-9H2,2-3H3. The van der Waals surface area contributed by atoms with Crippen LogP contribution in [0.4, 0.5) is 0 Å². The minimum Gasteiger partial charge on any atom is -0.396 e. The van der Waals surface area contributed by atoms with Gasteiger partial charge in [-0.3, -0.25) is 0 Å². The number of likely N-dealkylation sites (tertiary alicyclic amines) is 1. The summed E-state index contributed by atoms with van der Waals surface area (Å²) < 4.78 is 0. The van der Waals surface area contributed by atoms with Crippen molar-refractivity contribution in [1.82, 2.24) is 4.90 Å². The molecule has 2 rings (SSSR count). The van der Waals surface area contributed by atoms with E-state index in [0.29, 0.717) is 24.0 Å². The Morgan fingerprint density at radius 3 is 2.60 bits per heavy atom. The van der Waals surface area contributed by atoms with Crippen molar-refractivity contribution >= 4 is 0 Å². The zero-order chi connectivity index (χ0) is 11.1. The Morgan fingerprint density at radius 1 is 1.47 bits per heavy atom. The SMILES string of the molecule is C=C(C)N1CCC2(CC(CO)C2)CC1C. The predicted molar refractivity (Wildman–Crippen MR) is 62.5 cm³/mol. The zero-order valence-corrected chi connectivity index (χ0v) is 10.00. The summed E-state index contributed by atoms with van der Waals surface area (Å²) in [7, 11) is 0. The van der Waals surface area contributed by atoms with Gasteiger partial charge in [0.1, 0.15) is 0 Å². The van der Waals surface area contributed by atoms with Crippen molar-refractivity contribution < 1.29 is 5.11 Å². The Bertz CT molecular complexity index is 255. The molecule has 2 fully saturated rings. The van der Waals surface area contributed by atoms with Crippen LogP contribution in [0, 0.1) is 11.3 Å². The van der Waals surface area contributed by atoms with Gasteiger partial charge in [0, 0.05) is 24.9 Å². The van der Waals surface area contributed by atoms with Crippen molar-refractivity contribution in [2.24, 2.45) is 11.3 Å². The highest BCUT2D eigenvalue weighted by Crippen LogP contribution is 2.53. The van der Waals surface area contributed by atoms with Crippen molar-refractivity contribution in [3.63, 3.8) is 0 Å². The fraction of sp³-hybridized carbons (Fsp3) is 0.846. The van der Waals surface area contributed by atoms with Crippen LogP contribution in [-0.2, 0) is 0 Å². The van der Waals surface area contributed by atoms with Crippen LogP contribution in [0.15, 0.2) is 12.3 Å². The highest BCUT2D eigenvalue weighted by Gasteiger charge is 2.47. The number of hydrogen-bond donors (Lipinski definition) is 1. The van der Waals surface area contributed by atoms with Crippen LogP contribution in [-0.4, -0.2) is 29.2 Å². The minimum absolute atomic E-state index is 0.389. The average molecular weight is 209 g/mol. The van der Waals surface area contributed by atoms with E-state index in [1.807, 2.05) is 0 Å². The van der Waals surface area contributed by atoms with E-state index >= 15 is 0 Å².